The van der Waals surface area contributed by atoms with Crippen LogP contribution < -0.4 is 20.1 Å². The second-order valence-corrected chi connectivity index (χ2v) is 11.4. The van der Waals surface area contributed by atoms with Gasteiger partial charge in [-0.25, -0.2) is 23.5 Å². The summed E-state index contributed by atoms with van der Waals surface area (Å²) in [6, 6.07) is 6.59. The molecule has 5 rings (SSSR count). The van der Waals surface area contributed by atoms with Crippen LogP contribution in [0.15, 0.2) is 49.1 Å². The fourth-order valence-electron chi connectivity index (χ4n) is 4.72. The third kappa shape index (κ3) is 7.96. The van der Waals surface area contributed by atoms with Gasteiger partial charge in [-0.3, -0.25) is 14.4 Å². The van der Waals surface area contributed by atoms with Crippen molar-refractivity contribution in [2.24, 2.45) is 0 Å². The number of rotatable bonds is 10. The zero-order chi connectivity index (χ0) is 32.8. The van der Waals surface area contributed by atoms with E-state index in [1.807, 2.05) is 27.7 Å². The van der Waals surface area contributed by atoms with Gasteiger partial charge < -0.3 is 29.6 Å². The molecule has 2 amide bonds. The summed E-state index contributed by atoms with van der Waals surface area (Å²) in [5, 5.41) is 10.3. The molecule has 0 spiro atoms. The average Bonchev–Trinajstić information content (AvgIpc) is 3.44. The van der Waals surface area contributed by atoms with Gasteiger partial charge in [-0.1, -0.05) is 6.07 Å². The van der Waals surface area contributed by atoms with Crippen molar-refractivity contribution in [3.05, 3.63) is 60.7 Å². The van der Waals surface area contributed by atoms with Crippen LogP contribution in [0.4, 0.5) is 30.8 Å². The predicted molar refractivity (Wildman–Crippen MR) is 164 cm³/mol. The van der Waals surface area contributed by atoms with Gasteiger partial charge in [0.1, 0.15) is 42.4 Å². The van der Waals surface area contributed by atoms with Gasteiger partial charge in [0.25, 0.3) is 0 Å². The SMILES string of the molecule is CCOc1cc(OC[C@H]2COCCN2C(=O)OC(C)(C)C)c2c(Nc3cnn(CC(=O)Nc4cccc(F)c4F)c3)ncnc2c1. The van der Waals surface area contributed by atoms with E-state index in [0.29, 0.717) is 53.7 Å². The van der Waals surface area contributed by atoms with Crippen molar-refractivity contribution in [1.29, 1.82) is 0 Å². The van der Waals surface area contributed by atoms with Crippen LogP contribution in [0.25, 0.3) is 10.9 Å². The molecule has 3 heterocycles. The van der Waals surface area contributed by atoms with Crippen LogP contribution in [-0.2, 0) is 20.8 Å². The van der Waals surface area contributed by atoms with E-state index in [1.165, 1.54) is 29.3 Å². The molecule has 0 bridgehead atoms. The lowest BCUT2D eigenvalue weighted by Crippen LogP contribution is -2.52. The molecule has 4 aromatic rings. The molecule has 0 saturated carbocycles. The van der Waals surface area contributed by atoms with E-state index in [9.17, 15) is 18.4 Å². The van der Waals surface area contributed by atoms with Crippen LogP contribution in [0, 0.1) is 11.6 Å². The standard InChI is InChI=1S/C31H35F2N7O6/c1-5-44-21-11-24-27(25(12-21)45-17-20-16-43-10-9-40(20)30(42)46-31(2,3)4)29(35-18-34-24)37-19-13-36-39(14-19)15-26(41)38-23-8-6-7-22(32)28(23)33/h6-8,11-14,18,20H,5,9-10,15-17H2,1-4H3,(H,38,41)(H,34,35,37)/t20-/m1/s1. The van der Waals surface area contributed by atoms with Gasteiger partial charge in [-0.15, -0.1) is 0 Å². The summed E-state index contributed by atoms with van der Waals surface area (Å²) in [5.41, 5.74) is 0.0980. The number of hydrogen-bond acceptors (Lipinski definition) is 10. The Balaban J connectivity index is 1.35. The van der Waals surface area contributed by atoms with Gasteiger partial charge in [-0.05, 0) is 39.8 Å². The van der Waals surface area contributed by atoms with E-state index in [-0.39, 0.29) is 25.4 Å². The highest BCUT2D eigenvalue weighted by Gasteiger charge is 2.32. The van der Waals surface area contributed by atoms with Crippen molar-refractivity contribution in [3.63, 3.8) is 0 Å². The Morgan fingerprint density at radius 3 is 2.76 bits per heavy atom. The number of hydrogen-bond donors (Lipinski definition) is 2. The molecular weight excluding hydrogens is 604 g/mol. The topological polar surface area (TPSA) is 142 Å². The van der Waals surface area contributed by atoms with Crippen LogP contribution in [0.2, 0.25) is 0 Å². The maximum atomic E-state index is 14.0. The summed E-state index contributed by atoms with van der Waals surface area (Å²) in [4.78, 5) is 35.8. The molecule has 0 radical (unpaired) electrons. The lowest BCUT2D eigenvalue weighted by Gasteiger charge is -2.36. The highest BCUT2D eigenvalue weighted by molar-refractivity contribution is 5.97. The van der Waals surface area contributed by atoms with Crippen molar-refractivity contribution < 1.29 is 37.3 Å². The van der Waals surface area contributed by atoms with Gasteiger partial charge in [0.15, 0.2) is 11.6 Å². The largest absolute Gasteiger partial charge is 0.494 e. The quantitative estimate of drug-likeness (QED) is 0.246. The normalized spacial score (nSPS) is 15.0. The zero-order valence-electron chi connectivity index (χ0n) is 25.9. The molecule has 1 saturated heterocycles. The molecular formula is C31H35F2N7O6. The highest BCUT2D eigenvalue weighted by Crippen LogP contribution is 2.36. The molecule has 0 aliphatic carbocycles. The summed E-state index contributed by atoms with van der Waals surface area (Å²) >= 11 is 0. The van der Waals surface area contributed by atoms with Gasteiger partial charge in [0.2, 0.25) is 5.91 Å². The van der Waals surface area contributed by atoms with E-state index >= 15 is 0 Å². The zero-order valence-corrected chi connectivity index (χ0v) is 25.9. The number of halogens is 2. The first kappa shape index (κ1) is 32.3. The first-order chi connectivity index (χ1) is 22.0. The maximum absolute atomic E-state index is 14.0. The lowest BCUT2D eigenvalue weighted by molar-refractivity contribution is -0.116. The van der Waals surface area contributed by atoms with Gasteiger partial charge >= 0.3 is 6.09 Å². The second-order valence-electron chi connectivity index (χ2n) is 11.4. The number of benzene rings is 2. The van der Waals surface area contributed by atoms with Crippen molar-refractivity contribution >= 4 is 40.1 Å². The third-order valence-corrected chi connectivity index (χ3v) is 6.70. The Kier molecular flexibility index (Phi) is 9.80. The minimum Gasteiger partial charge on any atom is -0.494 e. The van der Waals surface area contributed by atoms with Crippen molar-refractivity contribution in [1.82, 2.24) is 24.6 Å². The highest BCUT2D eigenvalue weighted by atomic mass is 19.2. The van der Waals surface area contributed by atoms with Crippen molar-refractivity contribution in [3.8, 4) is 11.5 Å². The molecule has 1 fully saturated rings. The predicted octanol–water partition coefficient (Wildman–Crippen LogP) is 4.90. The summed E-state index contributed by atoms with van der Waals surface area (Å²) in [6.45, 7) is 8.56. The smallest absolute Gasteiger partial charge is 0.410 e. The van der Waals surface area contributed by atoms with Crippen molar-refractivity contribution in [2.45, 2.75) is 45.9 Å². The number of fused-ring (bicyclic) bond motifs is 1. The Morgan fingerprint density at radius 2 is 1.98 bits per heavy atom. The molecule has 244 valence electrons. The maximum Gasteiger partial charge on any atom is 0.410 e. The molecule has 46 heavy (non-hydrogen) atoms. The number of nitrogens with zero attached hydrogens (tertiary/aromatic N) is 5. The Morgan fingerprint density at radius 1 is 1.15 bits per heavy atom. The Hall–Kier alpha value is -5.05. The Bertz CT molecular complexity index is 1710. The molecule has 1 aliphatic rings. The van der Waals surface area contributed by atoms with Crippen LogP contribution in [0.1, 0.15) is 27.7 Å². The number of carbonyl (C=O) groups is 2. The minimum atomic E-state index is -1.15. The monoisotopic (exact) mass is 639 g/mol. The molecule has 13 nitrogen and oxygen atoms in total. The van der Waals surface area contributed by atoms with Crippen LogP contribution in [-0.4, -0.2) is 81.3 Å². The molecule has 0 unspecified atom stereocenters. The average molecular weight is 640 g/mol. The fraction of sp³-hybridized carbons (Fsp3) is 0.387. The first-order valence-electron chi connectivity index (χ1n) is 14.7. The molecule has 15 heteroatoms. The van der Waals surface area contributed by atoms with Crippen LogP contribution >= 0.6 is 0 Å². The summed E-state index contributed by atoms with van der Waals surface area (Å²) in [5.74, 6) is -1.48. The van der Waals surface area contributed by atoms with E-state index in [0.717, 1.165) is 6.07 Å². The first-order valence-corrected chi connectivity index (χ1v) is 14.7. The molecule has 2 N–H and O–H groups in total. The number of amides is 2. The van der Waals surface area contributed by atoms with Gasteiger partial charge in [-0.2, -0.15) is 5.10 Å². The number of aromatic nitrogens is 4. The summed E-state index contributed by atoms with van der Waals surface area (Å²) in [6.07, 6.45) is 3.98. The van der Waals surface area contributed by atoms with Crippen molar-refractivity contribution in [2.75, 3.05) is 43.6 Å². The van der Waals surface area contributed by atoms with Crippen LogP contribution in [0.5, 0.6) is 11.5 Å². The molecule has 2 aromatic carbocycles. The summed E-state index contributed by atoms with van der Waals surface area (Å²) in [7, 11) is 0. The van der Waals surface area contributed by atoms with E-state index in [2.05, 4.69) is 25.7 Å². The number of morpholine rings is 1. The van der Waals surface area contributed by atoms with Gasteiger partial charge in [0, 0.05) is 24.9 Å². The number of ether oxygens (including phenoxy) is 4. The number of nitrogens with one attached hydrogen (secondary N) is 2. The molecule has 1 atom stereocenters. The summed E-state index contributed by atoms with van der Waals surface area (Å²) < 4.78 is 52.1. The molecule has 2 aromatic heterocycles. The number of anilines is 3. The minimum absolute atomic E-state index is 0.0945. The lowest BCUT2D eigenvalue weighted by atomic mass is 10.2. The fourth-order valence-corrected chi connectivity index (χ4v) is 4.72. The van der Waals surface area contributed by atoms with E-state index in [1.54, 1.807) is 23.2 Å². The number of carbonyl (C=O) groups excluding carboxylic acids is 2. The van der Waals surface area contributed by atoms with E-state index < -0.39 is 35.3 Å². The van der Waals surface area contributed by atoms with E-state index in [4.69, 9.17) is 18.9 Å². The Labute approximate surface area is 263 Å². The second kappa shape index (κ2) is 13.9. The van der Waals surface area contributed by atoms with Crippen LogP contribution in [0.3, 0.4) is 0 Å². The molecule has 1 aliphatic heterocycles. The third-order valence-electron chi connectivity index (χ3n) is 6.70. The van der Waals surface area contributed by atoms with Gasteiger partial charge in [0.05, 0.1) is 54.3 Å².